The zero-order valence-corrected chi connectivity index (χ0v) is 13.4. The molecule has 0 aromatic heterocycles. The number of hydrogen-bond donors (Lipinski definition) is 1. The van der Waals surface area contributed by atoms with E-state index in [1.54, 1.807) is 12.1 Å². The molecule has 122 valence electrons. The number of rotatable bonds is 5. The van der Waals surface area contributed by atoms with Crippen LogP contribution in [-0.4, -0.2) is 30.1 Å². The van der Waals surface area contributed by atoms with Gasteiger partial charge in [0.15, 0.2) is 0 Å². The lowest BCUT2D eigenvalue weighted by Crippen LogP contribution is -2.49. The van der Waals surface area contributed by atoms with Crippen LogP contribution < -0.4 is 5.73 Å². The van der Waals surface area contributed by atoms with Crippen LogP contribution in [0.3, 0.4) is 0 Å². The Labute approximate surface area is 132 Å². The van der Waals surface area contributed by atoms with Crippen molar-refractivity contribution in [2.45, 2.75) is 57.8 Å². The highest BCUT2D eigenvalue weighted by atomic mass is 19.1. The first-order valence-corrected chi connectivity index (χ1v) is 8.55. The van der Waals surface area contributed by atoms with Gasteiger partial charge in [-0.1, -0.05) is 19.4 Å². The second-order valence-electron chi connectivity index (χ2n) is 6.80. The molecule has 2 fully saturated rings. The fourth-order valence-corrected chi connectivity index (χ4v) is 3.63. The van der Waals surface area contributed by atoms with Gasteiger partial charge < -0.3 is 15.4 Å². The molecule has 1 heterocycles. The molecule has 0 bridgehead atoms. The van der Waals surface area contributed by atoms with E-state index in [-0.39, 0.29) is 11.9 Å². The summed E-state index contributed by atoms with van der Waals surface area (Å²) in [5.41, 5.74) is 6.62. The number of piperidine rings is 1. The maximum atomic E-state index is 13.7. The fourth-order valence-electron chi connectivity index (χ4n) is 3.63. The Hall–Kier alpha value is -1.13. The molecule has 2 N–H and O–H groups in total. The van der Waals surface area contributed by atoms with Crippen molar-refractivity contribution in [3.05, 3.63) is 29.6 Å². The van der Waals surface area contributed by atoms with E-state index in [1.165, 1.54) is 25.3 Å². The Bertz CT molecular complexity index is 494. The van der Waals surface area contributed by atoms with E-state index in [2.05, 4.69) is 11.8 Å². The van der Waals surface area contributed by atoms with Gasteiger partial charge in [0.1, 0.15) is 5.82 Å². The first-order chi connectivity index (χ1) is 10.7. The molecule has 1 aliphatic carbocycles. The first-order valence-electron chi connectivity index (χ1n) is 8.55. The number of nitrogens with zero attached hydrogens (tertiary/aromatic N) is 1. The van der Waals surface area contributed by atoms with Gasteiger partial charge in [0, 0.05) is 30.4 Å². The van der Waals surface area contributed by atoms with Gasteiger partial charge in [-0.2, -0.15) is 0 Å². The summed E-state index contributed by atoms with van der Waals surface area (Å²) in [6, 6.07) is 5.62. The predicted octanol–water partition coefficient (Wildman–Crippen LogP) is 3.58. The molecule has 2 aliphatic rings. The van der Waals surface area contributed by atoms with Crippen LogP contribution in [0.4, 0.5) is 10.1 Å². The number of nitrogen functional groups attached to an aromatic ring is 1. The number of halogens is 1. The van der Waals surface area contributed by atoms with Crippen molar-refractivity contribution in [3.8, 4) is 0 Å². The predicted molar refractivity (Wildman–Crippen MR) is 87.0 cm³/mol. The lowest BCUT2D eigenvalue weighted by atomic mass is 9.77. The fraction of sp³-hybridized carbons (Fsp3) is 0.667. The Morgan fingerprint density at radius 3 is 2.64 bits per heavy atom. The highest BCUT2D eigenvalue weighted by Crippen LogP contribution is 2.35. The third kappa shape index (κ3) is 3.61. The summed E-state index contributed by atoms with van der Waals surface area (Å²) < 4.78 is 19.6. The van der Waals surface area contributed by atoms with Gasteiger partial charge in [-0.25, -0.2) is 4.39 Å². The van der Waals surface area contributed by atoms with E-state index >= 15 is 0 Å². The topological polar surface area (TPSA) is 38.5 Å². The Balaban J connectivity index is 1.40. The van der Waals surface area contributed by atoms with Crippen molar-refractivity contribution in [2.24, 2.45) is 5.92 Å². The van der Waals surface area contributed by atoms with Crippen LogP contribution in [0.2, 0.25) is 0 Å². The Kier molecular flexibility index (Phi) is 4.99. The van der Waals surface area contributed by atoms with Crippen molar-refractivity contribution in [2.75, 3.05) is 18.8 Å². The summed E-state index contributed by atoms with van der Waals surface area (Å²) in [6.07, 6.45) is 6.45. The van der Waals surface area contributed by atoms with E-state index in [4.69, 9.17) is 10.5 Å². The number of anilines is 1. The second-order valence-corrected chi connectivity index (χ2v) is 6.80. The van der Waals surface area contributed by atoms with E-state index < -0.39 is 0 Å². The van der Waals surface area contributed by atoms with Gasteiger partial charge in [-0.3, -0.25) is 0 Å². The van der Waals surface area contributed by atoms with Crippen molar-refractivity contribution in [1.29, 1.82) is 0 Å². The average molecular weight is 306 g/mol. The van der Waals surface area contributed by atoms with Crippen LogP contribution in [0.25, 0.3) is 0 Å². The Morgan fingerprint density at radius 1 is 1.27 bits per heavy atom. The molecule has 4 heteroatoms. The van der Waals surface area contributed by atoms with E-state index in [0.717, 1.165) is 37.9 Å². The molecular weight excluding hydrogens is 279 g/mol. The number of benzene rings is 1. The molecule has 0 amide bonds. The summed E-state index contributed by atoms with van der Waals surface area (Å²) in [4.78, 5) is 2.62. The molecule has 1 saturated heterocycles. The third-order valence-corrected chi connectivity index (χ3v) is 5.33. The van der Waals surface area contributed by atoms with Gasteiger partial charge in [0.25, 0.3) is 0 Å². The molecule has 1 saturated carbocycles. The largest absolute Gasteiger partial charge is 0.399 e. The molecule has 0 unspecified atom stereocenters. The minimum Gasteiger partial charge on any atom is -0.399 e. The molecule has 0 atom stereocenters. The molecule has 3 nitrogen and oxygen atoms in total. The van der Waals surface area contributed by atoms with Crippen LogP contribution in [-0.2, 0) is 11.3 Å². The number of likely N-dealkylation sites (tertiary alicyclic amines) is 1. The van der Waals surface area contributed by atoms with Gasteiger partial charge in [-0.15, -0.1) is 0 Å². The average Bonchev–Trinajstić information content (AvgIpc) is 2.47. The minimum atomic E-state index is -0.266. The lowest BCUT2D eigenvalue weighted by Gasteiger charge is -2.45. The SMILES string of the molecule is CCC1CC(N2CCC(OCc3ccc(N)cc3F)CC2)C1. The molecule has 1 aromatic carbocycles. The quantitative estimate of drug-likeness (QED) is 0.845. The zero-order chi connectivity index (χ0) is 15.5. The van der Waals surface area contributed by atoms with Crippen molar-refractivity contribution < 1.29 is 9.13 Å². The monoisotopic (exact) mass is 306 g/mol. The summed E-state index contributed by atoms with van der Waals surface area (Å²) >= 11 is 0. The van der Waals surface area contributed by atoms with E-state index in [0.29, 0.717) is 17.9 Å². The van der Waals surface area contributed by atoms with Crippen LogP contribution in [0.1, 0.15) is 44.6 Å². The van der Waals surface area contributed by atoms with E-state index in [1.807, 2.05) is 0 Å². The van der Waals surface area contributed by atoms with Crippen LogP contribution >= 0.6 is 0 Å². The summed E-state index contributed by atoms with van der Waals surface area (Å²) in [5, 5.41) is 0. The number of hydrogen-bond acceptors (Lipinski definition) is 3. The lowest BCUT2D eigenvalue weighted by molar-refractivity contribution is -0.0284. The number of ether oxygens (including phenoxy) is 1. The summed E-state index contributed by atoms with van der Waals surface area (Å²) in [6.45, 7) is 4.88. The Morgan fingerprint density at radius 2 is 2.00 bits per heavy atom. The molecular formula is C18H27FN2O. The molecule has 0 radical (unpaired) electrons. The van der Waals surface area contributed by atoms with Gasteiger partial charge in [0.2, 0.25) is 0 Å². The minimum absolute atomic E-state index is 0.259. The van der Waals surface area contributed by atoms with E-state index in [9.17, 15) is 4.39 Å². The highest BCUT2D eigenvalue weighted by Gasteiger charge is 2.34. The van der Waals surface area contributed by atoms with Gasteiger partial charge in [-0.05, 0) is 43.7 Å². The molecule has 1 aromatic rings. The van der Waals surface area contributed by atoms with Crippen LogP contribution in [0, 0.1) is 11.7 Å². The van der Waals surface area contributed by atoms with Crippen molar-refractivity contribution in [3.63, 3.8) is 0 Å². The standard InChI is InChI=1S/C18H27FN2O/c1-2-13-9-16(10-13)21-7-5-17(6-8-21)22-12-14-3-4-15(20)11-18(14)19/h3-4,11,13,16-17H,2,5-10,12,20H2,1H3. The zero-order valence-electron chi connectivity index (χ0n) is 13.4. The smallest absolute Gasteiger partial charge is 0.130 e. The summed E-state index contributed by atoms with van der Waals surface area (Å²) in [5.74, 6) is 0.685. The van der Waals surface area contributed by atoms with Gasteiger partial charge in [0.05, 0.1) is 12.7 Å². The van der Waals surface area contributed by atoms with Crippen LogP contribution in [0.5, 0.6) is 0 Å². The third-order valence-electron chi connectivity index (χ3n) is 5.33. The van der Waals surface area contributed by atoms with Crippen molar-refractivity contribution in [1.82, 2.24) is 4.90 Å². The molecule has 0 spiro atoms. The molecule has 3 rings (SSSR count). The normalized spacial score (nSPS) is 26.8. The summed E-state index contributed by atoms with van der Waals surface area (Å²) in [7, 11) is 0. The van der Waals surface area contributed by atoms with Crippen molar-refractivity contribution >= 4 is 5.69 Å². The molecule has 1 aliphatic heterocycles. The maximum absolute atomic E-state index is 13.7. The first kappa shape index (κ1) is 15.8. The second kappa shape index (κ2) is 6.97. The highest BCUT2D eigenvalue weighted by molar-refractivity contribution is 5.40. The molecule has 22 heavy (non-hydrogen) atoms. The van der Waals surface area contributed by atoms with Crippen LogP contribution in [0.15, 0.2) is 18.2 Å². The maximum Gasteiger partial charge on any atom is 0.130 e. The van der Waals surface area contributed by atoms with Gasteiger partial charge >= 0.3 is 0 Å². The number of nitrogens with two attached hydrogens (primary N) is 1.